The van der Waals surface area contributed by atoms with Crippen LogP contribution in [-0.2, 0) is 0 Å². The van der Waals surface area contributed by atoms with Crippen LogP contribution in [0.4, 0.5) is 0 Å². The Labute approximate surface area is 193 Å². The van der Waals surface area contributed by atoms with E-state index >= 15 is 0 Å². The smallest absolute Gasteiger partial charge is 0.137 e. The van der Waals surface area contributed by atoms with E-state index in [1.54, 1.807) is 19.2 Å². The molecule has 26 heavy (non-hydrogen) atoms. The van der Waals surface area contributed by atoms with E-state index in [9.17, 15) is 0 Å². The molecule has 0 saturated carbocycles. The van der Waals surface area contributed by atoms with Crippen LogP contribution in [0, 0.1) is 13.8 Å². The number of aromatic hydroxyl groups is 1. The van der Waals surface area contributed by atoms with Crippen LogP contribution in [0.15, 0.2) is 33.2 Å². The highest BCUT2D eigenvalue weighted by Crippen LogP contribution is 2.30. The lowest BCUT2D eigenvalue weighted by Gasteiger charge is -2.04. The first-order valence-corrected chi connectivity index (χ1v) is 10.8. The molecule has 0 aliphatic carbocycles. The summed E-state index contributed by atoms with van der Waals surface area (Å²) in [6, 6.07) is 7.01. The molecule has 0 bridgehead atoms. The van der Waals surface area contributed by atoms with Crippen molar-refractivity contribution in [1.82, 2.24) is 0 Å². The first kappa shape index (κ1) is 28.4. The van der Waals surface area contributed by atoms with Gasteiger partial charge in [-0.1, -0.05) is 68.9 Å². The number of hydrogen-bond acceptors (Lipinski definition) is 2. The molecule has 0 saturated heterocycles. The maximum absolute atomic E-state index is 9.07. The highest BCUT2D eigenvalue weighted by atomic mass is 79.9. The van der Waals surface area contributed by atoms with Crippen LogP contribution < -0.4 is 4.74 Å². The summed E-state index contributed by atoms with van der Waals surface area (Å²) in [7, 11) is 1.61. The van der Waals surface area contributed by atoms with Crippen LogP contribution in [0.3, 0.4) is 0 Å². The Kier molecular flexibility index (Phi) is 17.6. The molecular weight excluding hydrogens is 550 g/mol. The molecule has 0 aliphatic rings. The number of halogens is 6. The molecule has 0 amide bonds. The molecule has 0 spiro atoms. The molecule has 0 heterocycles. The molecule has 2 aromatic carbocycles. The minimum atomic E-state index is 0.127. The molecule has 0 atom stereocenters. The second kappa shape index (κ2) is 16.1. The zero-order chi connectivity index (χ0) is 20.9. The lowest BCUT2D eigenvalue weighted by atomic mass is 10.2. The average molecular weight is 572 g/mol. The number of alkyl halides is 2. The summed E-state index contributed by atoms with van der Waals surface area (Å²) in [5.41, 5.74) is 2.09. The fourth-order valence-corrected chi connectivity index (χ4v) is 2.78. The molecule has 0 aliphatic heterocycles. The van der Waals surface area contributed by atoms with Gasteiger partial charge in [0.1, 0.15) is 11.5 Å². The Morgan fingerprint density at radius 2 is 1.27 bits per heavy atom. The van der Waals surface area contributed by atoms with Crippen LogP contribution in [0.1, 0.15) is 25.0 Å². The first-order valence-electron chi connectivity index (χ1n) is 7.44. The Balaban J connectivity index is 0. The lowest BCUT2D eigenvalue weighted by Crippen LogP contribution is -1.85. The van der Waals surface area contributed by atoms with Crippen molar-refractivity contribution in [1.29, 1.82) is 0 Å². The quantitative estimate of drug-likeness (QED) is 0.346. The molecule has 0 radical (unpaired) electrons. The Morgan fingerprint density at radius 3 is 1.65 bits per heavy atom. The molecule has 2 rings (SSSR count). The monoisotopic (exact) mass is 568 g/mol. The number of hydrogen-bond donors (Lipinski definition) is 1. The number of benzene rings is 2. The number of aryl methyl sites for hydroxylation is 2. The van der Waals surface area contributed by atoms with Gasteiger partial charge in [-0.25, -0.2) is 0 Å². The zero-order valence-corrected chi connectivity index (χ0v) is 21.3. The van der Waals surface area contributed by atoms with Crippen LogP contribution >= 0.6 is 78.3 Å². The van der Waals surface area contributed by atoms with Crippen molar-refractivity contribution in [3.8, 4) is 11.5 Å². The van der Waals surface area contributed by atoms with Gasteiger partial charge in [-0.3, -0.25) is 0 Å². The normalized spacial score (nSPS) is 8.88. The van der Waals surface area contributed by atoms with E-state index < -0.39 is 0 Å². The summed E-state index contributed by atoms with van der Waals surface area (Å²) >= 11 is 27.6. The summed E-state index contributed by atoms with van der Waals surface area (Å²) in [4.78, 5) is 0. The predicted octanol–water partition coefficient (Wildman–Crippen LogP) is 8.98. The van der Waals surface area contributed by atoms with Crippen LogP contribution in [0.2, 0.25) is 10.0 Å². The molecule has 2 aromatic rings. The summed E-state index contributed by atoms with van der Waals surface area (Å²) in [5.74, 6) is 0.842. The van der Waals surface area contributed by atoms with Gasteiger partial charge in [0.15, 0.2) is 0 Å². The summed E-state index contributed by atoms with van der Waals surface area (Å²) in [6.07, 6.45) is 0. The van der Waals surface area contributed by atoms with E-state index in [0.717, 1.165) is 20.1 Å². The van der Waals surface area contributed by atoms with Crippen molar-refractivity contribution in [3.63, 3.8) is 0 Å². The number of phenols is 1. The minimum Gasteiger partial charge on any atom is -0.506 e. The summed E-state index contributed by atoms with van der Waals surface area (Å²) < 4.78 is 6.94. The third-order valence-corrected chi connectivity index (χ3v) is 4.97. The van der Waals surface area contributed by atoms with E-state index in [2.05, 4.69) is 31.9 Å². The standard InChI is InChI=1S/C8H8BrClO.C7H6BrClO.C2H6.CH2Cl2/c1-5-3-8(11-2)7(10)4-6(5)9;1-4-2-7(10)6(9)3-5(4)8;1-2;2-1-3/h3-4H,1-2H3;2-3,10H,1H3;1-2H3;1H2. The Bertz CT molecular complexity index is 618. The highest BCUT2D eigenvalue weighted by Gasteiger charge is 2.03. The van der Waals surface area contributed by atoms with Gasteiger partial charge in [0.25, 0.3) is 0 Å². The first-order chi connectivity index (χ1) is 12.2. The second-order valence-electron chi connectivity index (χ2n) is 4.39. The fraction of sp³-hybridized carbons (Fsp3) is 0.333. The van der Waals surface area contributed by atoms with Crippen LogP contribution in [0.5, 0.6) is 11.5 Å². The van der Waals surface area contributed by atoms with E-state index in [4.69, 9.17) is 56.2 Å². The average Bonchev–Trinajstić information content (AvgIpc) is 2.59. The van der Waals surface area contributed by atoms with Crippen molar-refractivity contribution in [2.24, 2.45) is 0 Å². The van der Waals surface area contributed by atoms with Gasteiger partial charge in [0.2, 0.25) is 0 Å². The Hall–Kier alpha value is 0.160. The Morgan fingerprint density at radius 1 is 0.885 bits per heavy atom. The minimum absolute atomic E-state index is 0.127. The second-order valence-corrected chi connectivity index (χ2v) is 7.72. The van der Waals surface area contributed by atoms with Gasteiger partial charge in [-0.05, 0) is 49.2 Å². The third kappa shape index (κ3) is 11.1. The van der Waals surface area contributed by atoms with E-state index in [1.807, 2.05) is 39.8 Å². The fourth-order valence-electron chi connectivity index (χ4n) is 1.43. The molecule has 8 heteroatoms. The number of phenolic OH excluding ortho intramolecular Hbond substituents is 1. The van der Waals surface area contributed by atoms with E-state index in [-0.39, 0.29) is 11.1 Å². The molecule has 1 N–H and O–H groups in total. The van der Waals surface area contributed by atoms with E-state index in [0.29, 0.717) is 15.8 Å². The van der Waals surface area contributed by atoms with Crippen molar-refractivity contribution >= 4 is 78.3 Å². The van der Waals surface area contributed by atoms with Gasteiger partial charge < -0.3 is 9.84 Å². The topological polar surface area (TPSA) is 29.5 Å². The third-order valence-electron chi connectivity index (χ3n) is 2.66. The lowest BCUT2D eigenvalue weighted by molar-refractivity contribution is 0.414. The van der Waals surface area contributed by atoms with Gasteiger partial charge in [-0.15, -0.1) is 23.2 Å². The summed E-state index contributed by atoms with van der Waals surface area (Å²) in [5, 5.41) is 10.3. The van der Waals surface area contributed by atoms with Crippen LogP contribution in [0.25, 0.3) is 0 Å². The van der Waals surface area contributed by atoms with Crippen LogP contribution in [-0.4, -0.2) is 17.6 Å². The molecule has 0 unspecified atom stereocenters. The van der Waals surface area contributed by atoms with Crippen molar-refractivity contribution in [3.05, 3.63) is 54.4 Å². The maximum atomic E-state index is 9.07. The molecule has 0 aromatic heterocycles. The zero-order valence-electron chi connectivity index (χ0n) is 15.1. The van der Waals surface area contributed by atoms with Gasteiger partial charge in [0, 0.05) is 8.95 Å². The largest absolute Gasteiger partial charge is 0.506 e. The predicted molar refractivity (Wildman–Crippen MR) is 124 cm³/mol. The summed E-state index contributed by atoms with van der Waals surface area (Å²) in [6.45, 7) is 7.88. The van der Waals surface area contributed by atoms with Gasteiger partial charge in [-0.2, -0.15) is 0 Å². The SMILES string of the molecule is CC.COc1cc(C)c(Br)cc1Cl.Cc1cc(O)c(Cl)cc1Br.ClCCl. The molecule has 2 nitrogen and oxygen atoms in total. The number of rotatable bonds is 1. The number of ether oxygens (including phenoxy) is 1. The molecule has 148 valence electrons. The van der Waals surface area contributed by atoms with Gasteiger partial charge in [0.05, 0.1) is 22.5 Å². The highest BCUT2D eigenvalue weighted by molar-refractivity contribution is 9.10. The van der Waals surface area contributed by atoms with Crippen molar-refractivity contribution < 1.29 is 9.84 Å². The molecule has 0 fully saturated rings. The van der Waals surface area contributed by atoms with E-state index in [1.165, 1.54) is 0 Å². The number of methoxy groups -OCH3 is 1. The maximum Gasteiger partial charge on any atom is 0.137 e. The molecular formula is C18H22Br2Cl4O2. The van der Waals surface area contributed by atoms with Gasteiger partial charge >= 0.3 is 0 Å². The van der Waals surface area contributed by atoms with Crippen molar-refractivity contribution in [2.75, 3.05) is 12.4 Å². The van der Waals surface area contributed by atoms with Crippen molar-refractivity contribution in [2.45, 2.75) is 27.7 Å².